The number of rotatable bonds is 6. The van der Waals surface area contributed by atoms with E-state index in [2.05, 4.69) is 29.5 Å². The highest BCUT2D eigenvalue weighted by atomic mass is 16.1. The van der Waals surface area contributed by atoms with E-state index in [0.717, 1.165) is 35.3 Å². The SMILES string of the molecule is Cc1ccc(-n2nc(C)c3c(C(=O)NCCCc4ccccc4)cc(C)nc32)cc1. The molecule has 0 spiro atoms. The predicted molar refractivity (Wildman–Crippen MR) is 120 cm³/mol. The van der Waals surface area contributed by atoms with Gasteiger partial charge in [-0.15, -0.1) is 0 Å². The number of aromatic nitrogens is 3. The third-order valence-electron chi connectivity index (χ3n) is 5.23. The monoisotopic (exact) mass is 398 g/mol. The second-order valence-electron chi connectivity index (χ2n) is 7.69. The summed E-state index contributed by atoms with van der Waals surface area (Å²) in [6, 6.07) is 20.3. The summed E-state index contributed by atoms with van der Waals surface area (Å²) in [5.74, 6) is -0.0786. The lowest BCUT2D eigenvalue weighted by Gasteiger charge is -2.09. The van der Waals surface area contributed by atoms with Crippen LogP contribution in [-0.2, 0) is 6.42 Å². The topological polar surface area (TPSA) is 59.8 Å². The van der Waals surface area contributed by atoms with Crippen LogP contribution in [0.15, 0.2) is 60.7 Å². The van der Waals surface area contributed by atoms with Crippen LogP contribution in [0.25, 0.3) is 16.7 Å². The van der Waals surface area contributed by atoms with Gasteiger partial charge >= 0.3 is 0 Å². The Hall–Kier alpha value is -3.47. The van der Waals surface area contributed by atoms with E-state index in [1.165, 1.54) is 11.1 Å². The quantitative estimate of drug-likeness (QED) is 0.479. The Morgan fingerprint density at radius 1 is 1.00 bits per heavy atom. The fourth-order valence-electron chi connectivity index (χ4n) is 3.69. The molecule has 1 N–H and O–H groups in total. The van der Waals surface area contributed by atoms with Crippen molar-refractivity contribution in [1.29, 1.82) is 0 Å². The van der Waals surface area contributed by atoms with E-state index < -0.39 is 0 Å². The van der Waals surface area contributed by atoms with Crippen LogP contribution >= 0.6 is 0 Å². The minimum Gasteiger partial charge on any atom is -0.352 e. The molecule has 0 aliphatic carbocycles. The third-order valence-corrected chi connectivity index (χ3v) is 5.23. The van der Waals surface area contributed by atoms with E-state index in [0.29, 0.717) is 17.8 Å². The van der Waals surface area contributed by atoms with Crippen LogP contribution in [0.3, 0.4) is 0 Å². The third kappa shape index (κ3) is 4.10. The summed E-state index contributed by atoms with van der Waals surface area (Å²) in [4.78, 5) is 17.7. The van der Waals surface area contributed by atoms with Crippen molar-refractivity contribution >= 4 is 16.9 Å². The molecule has 0 unspecified atom stereocenters. The highest BCUT2D eigenvalue weighted by molar-refractivity contribution is 6.06. The van der Waals surface area contributed by atoms with Gasteiger partial charge in [-0.05, 0) is 57.4 Å². The van der Waals surface area contributed by atoms with Crippen molar-refractivity contribution < 1.29 is 4.79 Å². The molecule has 0 aliphatic rings. The maximum Gasteiger partial charge on any atom is 0.252 e. The van der Waals surface area contributed by atoms with Gasteiger partial charge in [-0.1, -0.05) is 48.0 Å². The molecule has 0 fully saturated rings. The van der Waals surface area contributed by atoms with Gasteiger partial charge < -0.3 is 5.32 Å². The van der Waals surface area contributed by atoms with Gasteiger partial charge in [-0.25, -0.2) is 9.67 Å². The van der Waals surface area contributed by atoms with Crippen LogP contribution in [0.4, 0.5) is 0 Å². The van der Waals surface area contributed by atoms with Gasteiger partial charge in [-0.2, -0.15) is 5.10 Å². The Morgan fingerprint density at radius 3 is 2.47 bits per heavy atom. The Morgan fingerprint density at radius 2 is 1.73 bits per heavy atom. The first kappa shape index (κ1) is 19.8. The lowest BCUT2D eigenvalue weighted by molar-refractivity contribution is 0.0954. The summed E-state index contributed by atoms with van der Waals surface area (Å²) in [7, 11) is 0. The highest BCUT2D eigenvalue weighted by Crippen LogP contribution is 2.25. The molecule has 1 amide bonds. The van der Waals surface area contributed by atoms with Gasteiger partial charge in [0.05, 0.1) is 22.3 Å². The van der Waals surface area contributed by atoms with Gasteiger partial charge in [0.25, 0.3) is 5.91 Å². The molecule has 0 atom stereocenters. The lowest BCUT2D eigenvalue weighted by atomic mass is 10.1. The van der Waals surface area contributed by atoms with Crippen molar-refractivity contribution in [1.82, 2.24) is 20.1 Å². The van der Waals surface area contributed by atoms with Crippen LogP contribution in [0.5, 0.6) is 0 Å². The van der Waals surface area contributed by atoms with Gasteiger partial charge in [0.2, 0.25) is 0 Å². The first-order valence-corrected chi connectivity index (χ1v) is 10.3. The zero-order valence-electron chi connectivity index (χ0n) is 17.6. The van der Waals surface area contributed by atoms with E-state index in [9.17, 15) is 4.79 Å². The number of nitrogens with one attached hydrogen (secondary N) is 1. The molecule has 4 rings (SSSR count). The van der Waals surface area contributed by atoms with Crippen molar-refractivity contribution in [2.24, 2.45) is 0 Å². The summed E-state index contributed by atoms with van der Waals surface area (Å²) in [6.07, 6.45) is 1.83. The number of fused-ring (bicyclic) bond motifs is 1. The van der Waals surface area contributed by atoms with E-state index >= 15 is 0 Å². The van der Waals surface area contributed by atoms with Gasteiger partial charge in [-0.3, -0.25) is 4.79 Å². The normalized spacial score (nSPS) is 11.0. The Labute approximate surface area is 176 Å². The first-order valence-electron chi connectivity index (χ1n) is 10.3. The van der Waals surface area contributed by atoms with Gasteiger partial charge in [0.15, 0.2) is 5.65 Å². The van der Waals surface area contributed by atoms with E-state index in [-0.39, 0.29) is 5.91 Å². The fraction of sp³-hybridized carbons (Fsp3) is 0.240. The molecule has 0 saturated carbocycles. The lowest BCUT2D eigenvalue weighted by Crippen LogP contribution is -2.25. The van der Waals surface area contributed by atoms with Crippen molar-refractivity contribution in [3.05, 3.63) is 88.7 Å². The molecule has 2 aromatic heterocycles. The summed E-state index contributed by atoms with van der Waals surface area (Å²) in [6.45, 7) is 6.52. The highest BCUT2D eigenvalue weighted by Gasteiger charge is 2.19. The van der Waals surface area contributed by atoms with Crippen LogP contribution in [0.1, 0.15) is 39.3 Å². The minimum atomic E-state index is -0.0786. The van der Waals surface area contributed by atoms with Crippen molar-refractivity contribution in [2.75, 3.05) is 6.54 Å². The molecule has 2 aromatic carbocycles. The molecule has 5 nitrogen and oxygen atoms in total. The average molecular weight is 399 g/mol. The standard InChI is InChI=1S/C25H26N4O/c1-17-11-13-21(14-12-17)29-24-23(19(3)28-29)22(16-18(2)27-24)25(30)26-15-7-10-20-8-5-4-6-9-20/h4-6,8-9,11-14,16H,7,10,15H2,1-3H3,(H,26,30). The summed E-state index contributed by atoms with van der Waals surface area (Å²) < 4.78 is 1.82. The van der Waals surface area contributed by atoms with Crippen molar-refractivity contribution in [2.45, 2.75) is 33.6 Å². The van der Waals surface area contributed by atoms with Crippen molar-refractivity contribution in [3.63, 3.8) is 0 Å². The maximum absolute atomic E-state index is 13.0. The second kappa shape index (κ2) is 8.49. The van der Waals surface area contributed by atoms with Crippen LogP contribution in [-0.4, -0.2) is 27.2 Å². The first-order chi connectivity index (χ1) is 14.5. The number of nitrogens with zero attached hydrogens (tertiary/aromatic N) is 3. The summed E-state index contributed by atoms with van der Waals surface area (Å²) in [5.41, 5.74) is 6.35. The van der Waals surface area contributed by atoms with Crippen LogP contribution in [0, 0.1) is 20.8 Å². The number of carbonyl (C=O) groups is 1. The second-order valence-corrected chi connectivity index (χ2v) is 7.69. The van der Waals surface area contributed by atoms with E-state index in [1.807, 2.05) is 67.1 Å². The van der Waals surface area contributed by atoms with E-state index in [4.69, 9.17) is 4.98 Å². The molecule has 152 valence electrons. The Kier molecular flexibility index (Phi) is 5.61. The van der Waals surface area contributed by atoms with E-state index in [1.54, 1.807) is 0 Å². The molecule has 5 heteroatoms. The molecule has 2 heterocycles. The molecule has 0 saturated heterocycles. The number of aryl methyl sites for hydroxylation is 4. The van der Waals surface area contributed by atoms with Crippen LogP contribution < -0.4 is 5.32 Å². The molecular formula is C25H26N4O. The number of benzene rings is 2. The zero-order valence-corrected chi connectivity index (χ0v) is 17.6. The van der Waals surface area contributed by atoms with Gasteiger partial charge in [0, 0.05) is 12.2 Å². The van der Waals surface area contributed by atoms with Crippen LogP contribution in [0.2, 0.25) is 0 Å². The summed E-state index contributed by atoms with van der Waals surface area (Å²) >= 11 is 0. The average Bonchev–Trinajstić information content (AvgIpc) is 3.08. The number of hydrogen-bond acceptors (Lipinski definition) is 3. The molecule has 30 heavy (non-hydrogen) atoms. The number of hydrogen-bond donors (Lipinski definition) is 1. The molecule has 0 aliphatic heterocycles. The largest absolute Gasteiger partial charge is 0.352 e. The minimum absolute atomic E-state index is 0.0786. The number of amides is 1. The Bertz CT molecular complexity index is 1180. The van der Waals surface area contributed by atoms with Crippen molar-refractivity contribution in [3.8, 4) is 5.69 Å². The smallest absolute Gasteiger partial charge is 0.252 e. The van der Waals surface area contributed by atoms with Gasteiger partial charge in [0.1, 0.15) is 0 Å². The molecule has 0 bridgehead atoms. The Balaban J connectivity index is 1.57. The number of carbonyl (C=O) groups excluding carboxylic acids is 1. The molecular weight excluding hydrogens is 372 g/mol. The fourth-order valence-corrected chi connectivity index (χ4v) is 3.69. The number of pyridine rings is 1. The zero-order chi connectivity index (χ0) is 21.1. The molecule has 4 aromatic rings. The predicted octanol–water partition coefficient (Wildman–Crippen LogP) is 4.71. The maximum atomic E-state index is 13.0. The summed E-state index contributed by atoms with van der Waals surface area (Å²) in [5, 5.41) is 8.56. The molecule has 0 radical (unpaired) electrons.